The number of pyridine rings is 2. The van der Waals surface area contributed by atoms with Crippen LogP contribution in [-0.2, 0) is 6.42 Å². The molecule has 2 heterocycles. The molecule has 3 heteroatoms. The van der Waals surface area contributed by atoms with E-state index < -0.39 is 0 Å². The third kappa shape index (κ3) is 4.41. The lowest BCUT2D eigenvalue weighted by molar-refractivity contribution is 1.03. The molecule has 2 aromatic heterocycles. The number of benzene rings is 1. The van der Waals surface area contributed by atoms with Crippen LogP contribution in [0.15, 0.2) is 85.9 Å². The average molecular weight is 396 g/mol. The van der Waals surface area contributed by atoms with Gasteiger partial charge in [-0.05, 0) is 73.4 Å². The van der Waals surface area contributed by atoms with E-state index >= 15 is 0 Å². The second-order valence-corrected chi connectivity index (χ2v) is 7.25. The Kier molecular flexibility index (Phi) is 6.63. The van der Waals surface area contributed by atoms with Crippen molar-refractivity contribution in [3.63, 3.8) is 0 Å². The van der Waals surface area contributed by atoms with Crippen molar-refractivity contribution >= 4 is 11.3 Å². The van der Waals surface area contributed by atoms with Crippen molar-refractivity contribution in [2.45, 2.75) is 27.2 Å². The maximum atomic E-state index is 4.71. The van der Waals surface area contributed by atoms with E-state index in [1.165, 1.54) is 11.1 Å². The lowest BCUT2D eigenvalue weighted by Crippen LogP contribution is -2.13. The standard InChI is InChI=1S/C27H29N3/c1-7-19(4)30(6)25-12-10-11-21(16-25)23-17-27(20(5)29-18-23)26(9-3)22-13-14-28-24(8-2)15-22/h7,9-18H,1,4,8H2,2-3,5-6H3/b26-9-. The van der Waals surface area contributed by atoms with Gasteiger partial charge in [-0.2, -0.15) is 0 Å². The molecular formula is C27H29N3. The van der Waals surface area contributed by atoms with E-state index in [4.69, 9.17) is 4.98 Å². The number of anilines is 1. The second kappa shape index (κ2) is 9.36. The van der Waals surface area contributed by atoms with Crippen LogP contribution in [0.2, 0.25) is 0 Å². The summed E-state index contributed by atoms with van der Waals surface area (Å²) in [6.07, 6.45) is 8.66. The zero-order valence-electron chi connectivity index (χ0n) is 18.3. The summed E-state index contributed by atoms with van der Waals surface area (Å²) in [6, 6.07) is 14.9. The molecule has 1 aromatic carbocycles. The van der Waals surface area contributed by atoms with Crippen LogP contribution in [0.1, 0.15) is 36.4 Å². The number of hydrogen-bond donors (Lipinski definition) is 0. The third-order valence-corrected chi connectivity index (χ3v) is 5.39. The first kappa shape index (κ1) is 21.3. The number of hydrogen-bond acceptors (Lipinski definition) is 3. The zero-order chi connectivity index (χ0) is 21.7. The SMILES string of the molecule is C=CC(=C)N(C)c1cccc(-c2cnc(C)c(/C(=C\C)c3ccnc(CC)c3)c2)c1. The molecule has 0 bridgehead atoms. The molecule has 0 unspecified atom stereocenters. The van der Waals surface area contributed by atoms with Crippen LogP contribution in [-0.4, -0.2) is 17.0 Å². The van der Waals surface area contributed by atoms with Crippen LogP contribution in [0.5, 0.6) is 0 Å². The minimum atomic E-state index is 0.857. The lowest BCUT2D eigenvalue weighted by Gasteiger charge is -2.20. The number of rotatable bonds is 7. The van der Waals surface area contributed by atoms with Crippen molar-refractivity contribution in [1.82, 2.24) is 9.97 Å². The van der Waals surface area contributed by atoms with E-state index in [2.05, 4.69) is 87.5 Å². The van der Waals surface area contributed by atoms with Crippen molar-refractivity contribution in [2.24, 2.45) is 0 Å². The third-order valence-electron chi connectivity index (χ3n) is 5.39. The van der Waals surface area contributed by atoms with Gasteiger partial charge in [-0.3, -0.25) is 9.97 Å². The van der Waals surface area contributed by atoms with Gasteiger partial charge in [-0.1, -0.05) is 38.3 Å². The van der Waals surface area contributed by atoms with Crippen molar-refractivity contribution in [2.75, 3.05) is 11.9 Å². The highest BCUT2D eigenvalue weighted by molar-refractivity contribution is 5.83. The fourth-order valence-electron chi connectivity index (χ4n) is 3.48. The highest BCUT2D eigenvalue weighted by Crippen LogP contribution is 2.31. The molecule has 0 fully saturated rings. The van der Waals surface area contributed by atoms with Gasteiger partial charge in [0.2, 0.25) is 0 Å². The van der Waals surface area contributed by atoms with E-state index in [9.17, 15) is 0 Å². The van der Waals surface area contributed by atoms with Crippen molar-refractivity contribution in [1.29, 1.82) is 0 Å². The smallest absolute Gasteiger partial charge is 0.0451 e. The van der Waals surface area contributed by atoms with Gasteiger partial charge >= 0.3 is 0 Å². The number of likely N-dealkylation sites (N-methyl/N-ethyl adjacent to an activating group) is 1. The largest absolute Gasteiger partial charge is 0.345 e. The Bertz CT molecular complexity index is 1110. The summed E-state index contributed by atoms with van der Waals surface area (Å²) in [4.78, 5) is 11.2. The Balaban J connectivity index is 2.05. The maximum absolute atomic E-state index is 4.71. The van der Waals surface area contributed by atoms with Crippen LogP contribution in [0.25, 0.3) is 16.7 Å². The molecule has 30 heavy (non-hydrogen) atoms. The number of aryl methyl sites for hydroxylation is 2. The summed E-state index contributed by atoms with van der Waals surface area (Å²) in [5.41, 5.74) is 9.69. The van der Waals surface area contributed by atoms with E-state index in [-0.39, 0.29) is 0 Å². The van der Waals surface area contributed by atoms with Gasteiger partial charge in [0.15, 0.2) is 0 Å². The Hall–Kier alpha value is -3.46. The molecule has 3 rings (SSSR count). The van der Waals surface area contributed by atoms with Crippen LogP contribution >= 0.6 is 0 Å². The molecule has 0 radical (unpaired) electrons. The Labute approximate surface area is 180 Å². The van der Waals surface area contributed by atoms with Gasteiger partial charge in [0.05, 0.1) is 0 Å². The van der Waals surface area contributed by atoms with Gasteiger partial charge in [-0.15, -0.1) is 0 Å². The van der Waals surface area contributed by atoms with Gasteiger partial charge in [0, 0.05) is 53.3 Å². The van der Waals surface area contributed by atoms with E-state index in [1.807, 2.05) is 24.3 Å². The quantitative estimate of drug-likeness (QED) is 0.422. The highest BCUT2D eigenvalue weighted by Gasteiger charge is 2.12. The summed E-state index contributed by atoms with van der Waals surface area (Å²) in [6.45, 7) is 14.1. The molecule has 0 saturated carbocycles. The predicted octanol–water partition coefficient (Wildman–Crippen LogP) is 6.60. The predicted molar refractivity (Wildman–Crippen MR) is 129 cm³/mol. The maximum Gasteiger partial charge on any atom is 0.0451 e. The molecule has 0 saturated heterocycles. The minimum Gasteiger partial charge on any atom is -0.345 e. The van der Waals surface area contributed by atoms with Gasteiger partial charge in [0.25, 0.3) is 0 Å². The molecule has 3 aromatic rings. The van der Waals surface area contributed by atoms with E-state index in [0.717, 1.165) is 45.9 Å². The first-order valence-electron chi connectivity index (χ1n) is 10.2. The van der Waals surface area contributed by atoms with Gasteiger partial charge < -0.3 is 4.90 Å². The van der Waals surface area contributed by atoms with Crippen molar-refractivity contribution in [3.05, 3.63) is 108 Å². The molecule has 152 valence electrons. The molecule has 0 aliphatic carbocycles. The number of nitrogens with zero attached hydrogens (tertiary/aromatic N) is 3. The summed E-state index contributed by atoms with van der Waals surface area (Å²) < 4.78 is 0. The molecule has 0 N–H and O–H groups in total. The van der Waals surface area contributed by atoms with E-state index in [0.29, 0.717) is 0 Å². The first-order valence-corrected chi connectivity index (χ1v) is 10.2. The van der Waals surface area contributed by atoms with Crippen molar-refractivity contribution < 1.29 is 0 Å². The summed E-state index contributed by atoms with van der Waals surface area (Å²) in [5.74, 6) is 0. The number of aromatic nitrogens is 2. The normalized spacial score (nSPS) is 11.3. The second-order valence-electron chi connectivity index (χ2n) is 7.25. The Morgan fingerprint density at radius 3 is 2.60 bits per heavy atom. The molecule has 0 aliphatic heterocycles. The Morgan fingerprint density at radius 1 is 1.10 bits per heavy atom. The fourth-order valence-corrected chi connectivity index (χ4v) is 3.48. The topological polar surface area (TPSA) is 29.0 Å². The summed E-state index contributed by atoms with van der Waals surface area (Å²) in [7, 11) is 1.99. The fraction of sp³-hybridized carbons (Fsp3) is 0.185. The summed E-state index contributed by atoms with van der Waals surface area (Å²) >= 11 is 0. The molecule has 0 amide bonds. The van der Waals surface area contributed by atoms with Crippen LogP contribution in [0.4, 0.5) is 5.69 Å². The lowest BCUT2D eigenvalue weighted by atomic mass is 9.94. The molecule has 0 spiro atoms. The Morgan fingerprint density at radius 2 is 1.90 bits per heavy atom. The first-order chi connectivity index (χ1) is 14.5. The van der Waals surface area contributed by atoms with Gasteiger partial charge in [-0.25, -0.2) is 0 Å². The van der Waals surface area contributed by atoms with Crippen LogP contribution < -0.4 is 4.90 Å². The monoisotopic (exact) mass is 395 g/mol. The molecule has 0 aliphatic rings. The molecular weight excluding hydrogens is 366 g/mol. The summed E-state index contributed by atoms with van der Waals surface area (Å²) in [5, 5.41) is 0. The zero-order valence-corrected chi connectivity index (χ0v) is 18.3. The van der Waals surface area contributed by atoms with Crippen LogP contribution in [0, 0.1) is 6.92 Å². The van der Waals surface area contributed by atoms with Crippen LogP contribution in [0.3, 0.4) is 0 Å². The van der Waals surface area contributed by atoms with E-state index in [1.54, 1.807) is 6.08 Å². The minimum absolute atomic E-state index is 0.857. The molecule has 0 atom stereocenters. The molecule has 3 nitrogen and oxygen atoms in total. The average Bonchev–Trinajstić information content (AvgIpc) is 2.80. The van der Waals surface area contributed by atoms with Gasteiger partial charge in [0.1, 0.15) is 0 Å². The highest BCUT2D eigenvalue weighted by atomic mass is 15.1. The van der Waals surface area contributed by atoms with Crippen molar-refractivity contribution in [3.8, 4) is 11.1 Å². The number of allylic oxidation sites excluding steroid dienone is 2.